The number of likely N-dealkylation sites (tertiary alicyclic amines) is 2. The van der Waals surface area contributed by atoms with Crippen LogP contribution in [0.4, 0.5) is 4.79 Å². The van der Waals surface area contributed by atoms with Gasteiger partial charge in [0, 0.05) is 38.1 Å². The topological polar surface area (TPSA) is 58.8 Å². The van der Waals surface area contributed by atoms with Crippen LogP contribution in [0.25, 0.3) is 0 Å². The summed E-state index contributed by atoms with van der Waals surface area (Å²) in [5.41, 5.74) is 5.48. The summed E-state index contributed by atoms with van der Waals surface area (Å²) in [5.74, 6) is 0. The Morgan fingerprint density at radius 2 is 2.00 bits per heavy atom. The van der Waals surface area contributed by atoms with Gasteiger partial charge >= 0.3 is 6.09 Å². The molecule has 0 aromatic carbocycles. The molecule has 1 spiro atoms. The number of carbonyl (C=O) groups excluding carboxylic acids is 1. The number of hydrogen-bond donors (Lipinski definition) is 1. The van der Waals surface area contributed by atoms with Crippen molar-refractivity contribution in [2.24, 2.45) is 11.1 Å². The molecule has 0 bridgehead atoms. The molecule has 2 heterocycles. The molecule has 2 N–H and O–H groups in total. The van der Waals surface area contributed by atoms with Gasteiger partial charge in [-0.1, -0.05) is 0 Å². The standard InChI is InChI=1S/C13H25N3O2/c1-12(2,3)18-11(17)16-9-13(10-16)4-6-15(8-13)7-5-14/h4-10,14H2,1-3H3. The van der Waals surface area contributed by atoms with Crippen LogP contribution < -0.4 is 5.73 Å². The average molecular weight is 255 g/mol. The Morgan fingerprint density at radius 1 is 1.33 bits per heavy atom. The highest BCUT2D eigenvalue weighted by molar-refractivity contribution is 5.69. The third-order valence-electron chi connectivity index (χ3n) is 3.67. The number of nitrogens with two attached hydrogens (primary N) is 1. The van der Waals surface area contributed by atoms with E-state index in [9.17, 15) is 4.79 Å². The van der Waals surface area contributed by atoms with Crippen molar-refractivity contribution in [1.29, 1.82) is 0 Å². The highest BCUT2D eigenvalue weighted by atomic mass is 16.6. The van der Waals surface area contributed by atoms with E-state index in [2.05, 4.69) is 4.90 Å². The van der Waals surface area contributed by atoms with Gasteiger partial charge in [-0.15, -0.1) is 0 Å². The van der Waals surface area contributed by atoms with Crippen LogP contribution in [0.1, 0.15) is 27.2 Å². The first-order valence-electron chi connectivity index (χ1n) is 6.74. The van der Waals surface area contributed by atoms with Gasteiger partial charge in [0.15, 0.2) is 0 Å². The molecule has 0 aliphatic carbocycles. The molecule has 5 heteroatoms. The van der Waals surface area contributed by atoms with Gasteiger partial charge in [0.25, 0.3) is 0 Å². The van der Waals surface area contributed by atoms with Gasteiger partial charge in [0.1, 0.15) is 5.60 Å². The Morgan fingerprint density at radius 3 is 2.56 bits per heavy atom. The zero-order valence-corrected chi connectivity index (χ0v) is 11.7. The number of rotatable bonds is 2. The highest BCUT2D eigenvalue weighted by Crippen LogP contribution is 2.39. The summed E-state index contributed by atoms with van der Waals surface area (Å²) in [6.45, 7) is 11.2. The fraction of sp³-hybridized carbons (Fsp3) is 0.923. The molecule has 0 atom stereocenters. The lowest BCUT2D eigenvalue weighted by Crippen LogP contribution is -2.60. The maximum atomic E-state index is 11.9. The number of amides is 1. The summed E-state index contributed by atoms with van der Waals surface area (Å²) < 4.78 is 5.37. The molecule has 0 radical (unpaired) electrons. The second-order valence-electron chi connectivity index (χ2n) is 6.65. The molecule has 2 fully saturated rings. The molecular formula is C13H25N3O2. The second kappa shape index (κ2) is 4.70. The van der Waals surface area contributed by atoms with Crippen molar-refractivity contribution in [2.75, 3.05) is 39.3 Å². The van der Waals surface area contributed by atoms with Crippen molar-refractivity contribution >= 4 is 6.09 Å². The van der Waals surface area contributed by atoms with Crippen LogP contribution in [0, 0.1) is 5.41 Å². The van der Waals surface area contributed by atoms with E-state index in [1.54, 1.807) is 0 Å². The summed E-state index contributed by atoms with van der Waals surface area (Å²) >= 11 is 0. The fourth-order valence-corrected chi connectivity index (χ4v) is 2.88. The first kappa shape index (κ1) is 13.6. The van der Waals surface area contributed by atoms with E-state index in [1.807, 2.05) is 25.7 Å². The average Bonchev–Trinajstić information content (AvgIpc) is 2.57. The molecule has 18 heavy (non-hydrogen) atoms. The van der Waals surface area contributed by atoms with Gasteiger partial charge in [0.05, 0.1) is 0 Å². The van der Waals surface area contributed by atoms with Gasteiger partial charge in [-0.05, 0) is 33.7 Å². The lowest BCUT2D eigenvalue weighted by molar-refractivity contribution is -0.0303. The van der Waals surface area contributed by atoms with Crippen molar-refractivity contribution < 1.29 is 9.53 Å². The number of nitrogens with zero attached hydrogens (tertiary/aromatic N) is 2. The quantitative estimate of drug-likeness (QED) is 0.796. The molecule has 0 aromatic rings. The van der Waals surface area contributed by atoms with E-state index >= 15 is 0 Å². The zero-order valence-electron chi connectivity index (χ0n) is 11.7. The lowest BCUT2D eigenvalue weighted by atomic mass is 9.79. The van der Waals surface area contributed by atoms with Gasteiger partial charge in [0.2, 0.25) is 0 Å². The molecule has 2 saturated heterocycles. The summed E-state index contributed by atoms with van der Waals surface area (Å²) in [4.78, 5) is 16.1. The first-order valence-corrected chi connectivity index (χ1v) is 6.74. The second-order valence-corrected chi connectivity index (χ2v) is 6.65. The molecule has 2 aliphatic rings. The van der Waals surface area contributed by atoms with Crippen molar-refractivity contribution in [1.82, 2.24) is 9.80 Å². The van der Waals surface area contributed by atoms with Gasteiger partial charge in [-0.3, -0.25) is 0 Å². The van der Waals surface area contributed by atoms with Gasteiger partial charge in [-0.25, -0.2) is 4.79 Å². The third kappa shape index (κ3) is 2.95. The molecule has 2 rings (SSSR count). The third-order valence-corrected chi connectivity index (χ3v) is 3.67. The molecule has 0 unspecified atom stereocenters. The van der Waals surface area contributed by atoms with E-state index < -0.39 is 5.60 Å². The minimum absolute atomic E-state index is 0.176. The van der Waals surface area contributed by atoms with Crippen LogP contribution >= 0.6 is 0 Å². The molecule has 0 aromatic heterocycles. The maximum absolute atomic E-state index is 11.9. The molecule has 0 saturated carbocycles. The predicted molar refractivity (Wildman–Crippen MR) is 70.4 cm³/mol. The van der Waals surface area contributed by atoms with E-state index in [1.165, 1.54) is 6.42 Å². The van der Waals surface area contributed by atoms with Crippen LogP contribution in [-0.2, 0) is 4.74 Å². The van der Waals surface area contributed by atoms with Crippen LogP contribution in [0.3, 0.4) is 0 Å². The fourth-order valence-electron chi connectivity index (χ4n) is 2.88. The van der Waals surface area contributed by atoms with Crippen molar-refractivity contribution in [3.63, 3.8) is 0 Å². The van der Waals surface area contributed by atoms with Crippen LogP contribution in [0.5, 0.6) is 0 Å². The van der Waals surface area contributed by atoms with Gasteiger partial charge < -0.3 is 20.3 Å². The van der Waals surface area contributed by atoms with E-state index in [4.69, 9.17) is 10.5 Å². The lowest BCUT2D eigenvalue weighted by Gasteiger charge is -2.47. The Kier molecular flexibility index (Phi) is 3.56. The summed E-state index contributed by atoms with van der Waals surface area (Å²) in [5, 5.41) is 0. The van der Waals surface area contributed by atoms with E-state index in [-0.39, 0.29) is 6.09 Å². The molecule has 104 valence electrons. The smallest absolute Gasteiger partial charge is 0.410 e. The Labute approximate surface area is 109 Å². The van der Waals surface area contributed by atoms with Gasteiger partial charge in [-0.2, -0.15) is 0 Å². The number of hydrogen-bond acceptors (Lipinski definition) is 4. The largest absolute Gasteiger partial charge is 0.444 e. The SMILES string of the molecule is CC(C)(C)OC(=O)N1CC2(CCN(CCN)C2)C1. The molecule has 5 nitrogen and oxygen atoms in total. The zero-order chi connectivity index (χ0) is 13.4. The van der Waals surface area contributed by atoms with Crippen molar-refractivity contribution in [3.8, 4) is 0 Å². The van der Waals surface area contributed by atoms with Crippen LogP contribution in [0.15, 0.2) is 0 Å². The first-order chi connectivity index (χ1) is 8.34. The van der Waals surface area contributed by atoms with Crippen LogP contribution in [-0.4, -0.2) is 60.8 Å². The Bertz CT molecular complexity index is 319. The Balaban J connectivity index is 1.78. The summed E-state index contributed by atoms with van der Waals surface area (Å²) in [7, 11) is 0. The van der Waals surface area contributed by atoms with Crippen molar-refractivity contribution in [3.05, 3.63) is 0 Å². The van der Waals surface area contributed by atoms with E-state index in [0.717, 1.165) is 32.7 Å². The normalized spacial score (nSPS) is 23.2. The van der Waals surface area contributed by atoms with E-state index in [0.29, 0.717) is 12.0 Å². The Hall–Kier alpha value is -0.810. The molecule has 2 aliphatic heterocycles. The predicted octanol–water partition coefficient (Wildman–Crippen LogP) is 0.888. The minimum atomic E-state index is -0.402. The highest BCUT2D eigenvalue weighted by Gasteiger charge is 2.49. The minimum Gasteiger partial charge on any atom is -0.444 e. The number of ether oxygens (including phenoxy) is 1. The summed E-state index contributed by atoms with van der Waals surface area (Å²) in [6.07, 6.45) is 0.997. The van der Waals surface area contributed by atoms with Crippen LogP contribution in [0.2, 0.25) is 0 Å². The van der Waals surface area contributed by atoms with Crippen molar-refractivity contribution in [2.45, 2.75) is 32.8 Å². The molecular weight excluding hydrogens is 230 g/mol. The summed E-state index contributed by atoms with van der Waals surface area (Å²) in [6, 6.07) is 0. The number of carbonyl (C=O) groups is 1. The molecule has 1 amide bonds. The monoisotopic (exact) mass is 255 g/mol. The maximum Gasteiger partial charge on any atom is 0.410 e.